The number of carbonyl (C=O) groups excluding carboxylic acids is 1. The summed E-state index contributed by atoms with van der Waals surface area (Å²) in [5.74, 6) is 0.968. The average molecular weight is 417 g/mol. The van der Waals surface area contributed by atoms with Gasteiger partial charge in [0.15, 0.2) is 11.6 Å². The Balaban J connectivity index is 2.79. The molecule has 166 valence electrons. The summed E-state index contributed by atoms with van der Waals surface area (Å²) in [6.45, 7) is 14.7. The Bertz CT molecular complexity index is 949. The first kappa shape index (κ1) is 23.8. The van der Waals surface area contributed by atoms with E-state index < -0.39 is 11.7 Å². The van der Waals surface area contributed by atoms with Crippen LogP contribution in [0.15, 0.2) is 29.1 Å². The van der Waals surface area contributed by atoms with Gasteiger partial charge in [-0.15, -0.1) is 0 Å². The van der Waals surface area contributed by atoms with Crippen molar-refractivity contribution in [2.24, 2.45) is 5.41 Å². The van der Waals surface area contributed by atoms with E-state index in [9.17, 15) is 9.59 Å². The van der Waals surface area contributed by atoms with Crippen LogP contribution in [0.4, 0.5) is 10.6 Å². The molecule has 30 heavy (non-hydrogen) atoms. The highest BCUT2D eigenvalue weighted by Crippen LogP contribution is 2.36. The summed E-state index contributed by atoms with van der Waals surface area (Å²) in [4.78, 5) is 27.8. The van der Waals surface area contributed by atoms with Crippen LogP contribution in [-0.4, -0.2) is 29.9 Å². The molecular weight excluding hydrogens is 380 g/mol. The first-order valence-corrected chi connectivity index (χ1v) is 10.6. The van der Waals surface area contributed by atoms with Crippen molar-refractivity contribution in [3.63, 3.8) is 0 Å². The summed E-state index contributed by atoms with van der Waals surface area (Å²) >= 11 is 0. The number of carbonyl (C=O) groups is 1. The number of fused-ring (bicyclic) bond motifs is 1. The minimum atomic E-state index is -0.652. The number of unbranched alkanes of at least 4 members (excludes halogenated alkanes) is 1. The van der Waals surface area contributed by atoms with E-state index in [1.807, 2.05) is 39.0 Å². The zero-order valence-corrected chi connectivity index (χ0v) is 19.7. The van der Waals surface area contributed by atoms with Crippen molar-refractivity contribution in [1.29, 1.82) is 0 Å². The van der Waals surface area contributed by atoms with Gasteiger partial charge >= 0.3 is 6.09 Å². The van der Waals surface area contributed by atoms with Crippen LogP contribution in [0, 0.1) is 5.41 Å². The highest BCUT2D eigenvalue weighted by molar-refractivity contribution is 5.97. The highest BCUT2D eigenvalue weighted by Gasteiger charge is 2.29. The zero-order chi connectivity index (χ0) is 22.7. The first-order chi connectivity index (χ1) is 13.9. The molecule has 0 saturated heterocycles. The van der Waals surface area contributed by atoms with Crippen molar-refractivity contribution >= 4 is 22.7 Å². The van der Waals surface area contributed by atoms with Gasteiger partial charge in [0.1, 0.15) is 5.60 Å². The maximum atomic E-state index is 13.5. The Morgan fingerprint density at radius 1 is 1.07 bits per heavy atom. The maximum absolute atomic E-state index is 13.5. The van der Waals surface area contributed by atoms with Crippen LogP contribution in [0.25, 0.3) is 10.8 Å². The fourth-order valence-corrected chi connectivity index (χ4v) is 3.18. The summed E-state index contributed by atoms with van der Waals surface area (Å²) in [6, 6.07) is 7.39. The molecular formula is C24H36N2O4. The molecule has 1 aromatic heterocycles. The van der Waals surface area contributed by atoms with E-state index in [2.05, 4.69) is 27.7 Å². The Hall–Kier alpha value is -2.50. The quantitative estimate of drug-likeness (QED) is 0.575. The number of amides is 1. The summed E-state index contributed by atoms with van der Waals surface area (Å²) in [6.07, 6.45) is 1.33. The smallest absolute Gasteiger partial charge is 0.415 e. The molecule has 0 N–H and O–H groups in total. The maximum Gasteiger partial charge on any atom is 0.415 e. The Kier molecular flexibility index (Phi) is 7.22. The lowest BCUT2D eigenvalue weighted by Crippen LogP contribution is -2.39. The van der Waals surface area contributed by atoms with Crippen LogP contribution < -0.4 is 15.2 Å². The van der Waals surface area contributed by atoms with Gasteiger partial charge in [0.25, 0.3) is 5.56 Å². The summed E-state index contributed by atoms with van der Waals surface area (Å²) in [5, 5.41) is 1.28. The van der Waals surface area contributed by atoms with Crippen LogP contribution in [0.2, 0.25) is 0 Å². The second kappa shape index (κ2) is 9.11. The predicted octanol–water partition coefficient (Wildman–Crippen LogP) is 5.60. The molecule has 2 rings (SSSR count). The lowest BCUT2D eigenvalue weighted by Gasteiger charge is -2.30. The van der Waals surface area contributed by atoms with Crippen molar-refractivity contribution in [1.82, 2.24) is 4.57 Å². The molecule has 0 aliphatic heterocycles. The third kappa shape index (κ3) is 5.77. The van der Waals surface area contributed by atoms with Gasteiger partial charge in [-0.2, -0.15) is 0 Å². The third-order valence-electron chi connectivity index (χ3n) is 4.47. The monoisotopic (exact) mass is 416 g/mol. The number of ether oxygens (including phenoxy) is 2. The number of aromatic nitrogens is 1. The molecule has 0 fully saturated rings. The second-order valence-electron chi connectivity index (χ2n) is 9.89. The van der Waals surface area contributed by atoms with E-state index in [-0.39, 0.29) is 11.0 Å². The molecule has 1 amide bonds. The minimum absolute atomic E-state index is 0.145. The number of rotatable bonds is 6. The van der Waals surface area contributed by atoms with Gasteiger partial charge in [0.05, 0.1) is 12.0 Å². The van der Waals surface area contributed by atoms with Gasteiger partial charge in [-0.25, -0.2) is 4.79 Å². The molecule has 6 nitrogen and oxygen atoms in total. The van der Waals surface area contributed by atoms with Crippen molar-refractivity contribution in [2.75, 3.05) is 18.6 Å². The van der Waals surface area contributed by atoms with Gasteiger partial charge in [0.2, 0.25) is 0 Å². The molecule has 2 aromatic rings. The highest BCUT2D eigenvalue weighted by atomic mass is 16.6. The number of anilines is 1. The molecule has 1 aromatic carbocycles. The fourth-order valence-electron chi connectivity index (χ4n) is 3.18. The van der Waals surface area contributed by atoms with E-state index in [1.165, 1.54) is 4.90 Å². The van der Waals surface area contributed by atoms with Crippen LogP contribution >= 0.6 is 0 Å². The fraction of sp³-hybridized carbons (Fsp3) is 0.583. The molecule has 0 bridgehead atoms. The molecule has 0 spiro atoms. The molecule has 1 heterocycles. The molecule has 0 unspecified atom stereocenters. The first-order valence-electron chi connectivity index (χ1n) is 10.6. The average Bonchev–Trinajstić information content (AvgIpc) is 2.62. The number of nitrogens with zero attached hydrogens (tertiary/aromatic N) is 2. The lowest BCUT2D eigenvalue weighted by molar-refractivity contribution is 0.0585. The topological polar surface area (TPSA) is 60.8 Å². The van der Waals surface area contributed by atoms with Gasteiger partial charge in [-0.1, -0.05) is 52.3 Å². The van der Waals surface area contributed by atoms with E-state index in [0.717, 1.165) is 12.8 Å². The molecule has 0 radical (unpaired) electrons. The Morgan fingerprint density at radius 3 is 2.20 bits per heavy atom. The number of benzene rings is 1. The Morgan fingerprint density at radius 2 is 1.67 bits per heavy atom. The number of hydrogen-bond acceptors (Lipinski definition) is 4. The van der Waals surface area contributed by atoms with Gasteiger partial charge in [0, 0.05) is 19.0 Å². The van der Waals surface area contributed by atoms with Gasteiger partial charge in [-0.3, -0.25) is 14.3 Å². The van der Waals surface area contributed by atoms with Crippen molar-refractivity contribution in [2.45, 2.75) is 73.5 Å². The minimum Gasteiger partial charge on any atom is -0.489 e. The molecule has 6 heteroatoms. The molecule has 0 saturated carbocycles. The van der Waals surface area contributed by atoms with E-state index >= 15 is 0 Å². The predicted molar refractivity (Wildman–Crippen MR) is 123 cm³/mol. The van der Waals surface area contributed by atoms with Crippen molar-refractivity contribution in [3.05, 3.63) is 34.6 Å². The third-order valence-corrected chi connectivity index (χ3v) is 4.47. The Labute approximate surface area is 179 Å². The van der Waals surface area contributed by atoms with Crippen LogP contribution in [0.5, 0.6) is 5.75 Å². The molecule has 0 atom stereocenters. The summed E-state index contributed by atoms with van der Waals surface area (Å²) in [5.41, 5.74) is -0.981. The zero-order valence-electron chi connectivity index (χ0n) is 19.7. The van der Waals surface area contributed by atoms with Crippen LogP contribution in [0.3, 0.4) is 0 Å². The van der Waals surface area contributed by atoms with E-state index in [4.69, 9.17) is 9.47 Å². The number of pyridine rings is 1. The summed E-state index contributed by atoms with van der Waals surface area (Å²) in [7, 11) is 1.63. The lowest BCUT2D eigenvalue weighted by atomic mass is 9.96. The SMILES string of the molecule is CCCCOc1c(N(C)C(=O)OC(C)(C)C)n(CC(C)(C)C)c(=O)c2ccccc12. The van der Waals surface area contributed by atoms with E-state index in [0.29, 0.717) is 35.5 Å². The van der Waals surface area contributed by atoms with Crippen molar-refractivity contribution < 1.29 is 14.3 Å². The molecule has 0 aliphatic carbocycles. The van der Waals surface area contributed by atoms with Crippen LogP contribution in [0.1, 0.15) is 61.3 Å². The summed E-state index contributed by atoms with van der Waals surface area (Å²) < 4.78 is 13.4. The van der Waals surface area contributed by atoms with Crippen LogP contribution in [-0.2, 0) is 11.3 Å². The van der Waals surface area contributed by atoms with Gasteiger partial charge < -0.3 is 9.47 Å². The largest absolute Gasteiger partial charge is 0.489 e. The molecule has 0 aliphatic rings. The van der Waals surface area contributed by atoms with Crippen molar-refractivity contribution in [3.8, 4) is 5.75 Å². The standard InChI is InChI=1S/C24H36N2O4/c1-9-10-15-29-19-17-13-11-12-14-18(17)21(27)26(16-23(2,3)4)20(19)25(8)22(28)30-24(5,6)7/h11-14H,9-10,15-16H2,1-8H3. The second-order valence-corrected chi connectivity index (χ2v) is 9.89. The van der Waals surface area contributed by atoms with E-state index in [1.54, 1.807) is 17.7 Å². The van der Waals surface area contributed by atoms with Gasteiger partial charge in [-0.05, 0) is 38.7 Å². The number of hydrogen-bond donors (Lipinski definition) is 0. The normalized spacial score (nSPS) is 12.1.